The van der Waals surface area contributed by atoms with E-state index < -0.39 is 6.10 Å². The van der Waals surface area contributed by atoms with Crippen molar-refractivity contribution in [2.75, 3.05) is 19.5 Å². The van der Waals surface area contributed by atoms with Crippen molar-refractivity contribution < 1.29 is 14.6 Å². The Hall–Kier alpha value is -1.40. The Morgan fingerprint density at radius 1 is 0.956 bits per heavy atom. The second-order valence-electron chi connectivity index (χ2n) is 17.1. The highest BCUT2D eigenvalue weighted by Gasteiger charge is 2.56. The Morgan fingerprint density at radius 2 is 1.56 bits per heavy atom. The zero-order valence-electron chi connectivity index (χ0n) is 30.3. The first-order valence-electron chi connectivity index (χ1n) is 17.6. The van der Waals surface area contributed by atoms with E-state index >= 15 is 0 Å². The molecule has 3 heterocycles. The normalized spacial score (nSPS) is 27.6. The average molecular weight is 638 g/mol. The van der Waals surface area contributed by atoms with E-state index in [9.17, 15) is 5.11 Å². The Bertz CT molecular complexity index is 1280. The molecular weight excluding hydrogens is 575 g/mol. The van der Waals surface area contributed by atoms with Crippen LogP contribution in [0.2, 0.25) is 0 Å². The van der Waals surface area contributed by atoms with Crippen molar-refractivity contribution in [1.82, 2.24) is 4.98 Å². The van der Waals surface area contributed by atoms with Gasteiger partial charge in [-0.2, -0.15) is 12.6 Å². The van der Waals surface area contributed by atoms with Crippen LogP contribution in [-0.2, 0) is 26.9 Å². The third-order valence-electron chi connectivity index (χ3n) is 10.8. The van der Waals surface area contributed by atoms with Gasteiger partial charge in [-0.1, -0.05) is 99.9 Å². The van der Waals surface area contributed by atoms with Crippen LogP contribution in [0.15, 0.2) is 24.3 Å². The van der Waals surface area contributed by atoms with E-state index in [1.165, 1.54) is 47.2 Å². The van der Waals surface area contributed by atoms with Gasteiger partial charge in [0.2, 0.25) is 0 Å². The van der Waals surface area contributed by atoms with Gasteiger partial charge in [-0.05, 0) is 90.1 Å². The summed E-state index contributed by atoms with van der Waals surface area (Å²) in [7, 11) is 0. The molecule has 2 aliphatic heterocycles. The number of aliphatic hydroxyl groups is 1. The van der Waals surface area contributed by atoms with Crippen molar-refractivity contribution in [3.63, 3.8) is 0 Å². The standard InChI is InChI=1S/C33H45NO3.C6H14.CH4S/c1-20-8-7-15-33(20)28-26-24(18-32(5,6)19-25(26)35)34-29(21-13-16-36-17-14-21)27(28)30(37-33)22-9-11-23(12-10-22)31(2,3)4;1-5-6(2,3)4;1-2/h9-12,20-21,25,30,35H,7-8,13-19H2,1-6H3;5H2,1-4H3;2H,1H3. The molecule has 4 aliphatic rings. The largest absolute Gasteiger partial charge is 0.388 e. The van der Waals surface area contributed by atoms with Crippen LogP contribution in [-0.4, -0.2) is 29.6 Å². The maximum Gasteiger partial charge on any atom is 0.111 e. The lowest BCUT2D eigenvalue weighted by molar-refractivity contribution is -0.0842. The Kier molecular flexibility index (Phi) is 11.3. The van der Waals surface area contributed by atoms with Gasteiger partial charge >= 0.3 is 0 Å². The zero-order valence-corrected chi connectivity index (χ0v) is 31.2. The van der Waals surface area contributed by atoms with Gasteiger partial charge in [0.05, 0.1) is 17.4 Å². The summed E-state index contributed by atoms with van der Waals surface area (Å²) in [4.78, 5) is 5.47. The van der Waals surface area contributed by atoms with Gasteiger partial charge in [0.1, 0.15) is 6.10 Å². The van der Waals surface area contributed by atoms with Crippen molar-refractivity contribution in [2.45, 2.75) is 150 Å². The molecule has 0 amide bonds. The number of pyridine rings is 1. The molecule has 4 unspecified atom stereocenters. The smallest absolute Gasteiger partial charge is 0.111 e. The minimum Gasteiger partial charge on any atom is -0.388 e. The molecule has 6 rings (SSSR count). The summed E-state index contributed by atoms with van der Waals surface area (Å²) in [5.41, 5.74) is 8.95. The van der Waals surface area contributed by atoms with Crippen LogP contribution in [0.4, 0.5) is 0 Å². The molecule has 1 N–H and O–H groups in total. The van der Waals surface area contributed by atoms with Gasteiger partial charge in [-0.25, -0.2) is 0 Å². The fourth-order valence-electron chi connectivity index (χ4n) is 7.75. The van der Waals surface area contributed by atoms with Crippen LogP contribution < -0.4 is 0 Å². The molecule has 1 saturated carbocycles. The zero-order chi connectivity index (χ0) is 33.4. The summed E-state index contributed by atoms with van der Waals surface area (Å²) in [5.74, 6) is 0.795. The van der Waals surface area contributed by atoms with Crippen LogP contribution in [0.25, 0.3) is 0 Å². The number of rotatable bonds is 2. The maximum atomic E-state index is 11.7. The highest BCUT2D eigenvalue weighted by Crippen LogP contribution is 2.61. The van der Waals surface area contributed by atoms with Crippen molar-refractivity contribution in [3.05, 3.63) is 63.5 Å². The van der Waals surface area contributed by atoms with Gasteiger partial charge in [-0.15, -0.1) is 0 Å². The molecule has 0 bridgehead atoms. The number of benzene rings is 1. The molecule has 5 heteroatoms. The number of nitrogens with zero attached hydrogens (tertiary/aromatic N) is 1. The predicted molar refractivity (Wildman–Crippen MR) is 192 cm³/mol. The SMILES string of the molecule is CC1CCCC12OC(c1ccc(C(C)(C)C)cc1)c1c(C3CCOCC3)nc3c(c12)C(O)CC(C)(C)C3.CCC(C)(C)C.CS. The Balaban J connectivity index is 0.000000519. The minimum atomic E-state index is -0.487. The van der Waals surface area contributed by atoms with Crippen LogP contribution in [0.3, 0.4) is 0 Å². The highest BCUT2D eigenvalue weighted by atomic mass is 32.1. The molecular formula is C40H63NO3S. The minimum absolute atomic E-state index is 0.0384. The molecule has 2 fully saturated rings. The average Bonchev–Trinajstić information content (AvgIpc) is 3.53. The lowest BCUT2D eigenvalue weighted by Crippen LogP contribution is -2.34. The molecule has 0 radical (unpaired) electrons. The van der Waals surface area contributed by atoms with Crippen molar-refractivity contribution in [1.29, 1.82) is 0 Å². The monoisotopic (exact) mass is 637 g/mol. The van der Waals surface area contributed by atoms with E-state index in [1.54, 1.807) is 6.26 Å². The number of hydrogen-bond acceptors (Lipinski definition) is 5. The molecule has 4 nitrogen and oxygen atoms in total. The van der Waals surface area contributed by atoms with E-state index in [2.05, 4.69) is 106 Å². The fraction of sp³-hybridized carbons (Fsp3) is 0.725. The lowest BCUT2D eigenvalue weighted by Gasteiger charge is -2.39. The van der Waals surface area contributed by atoms with E-state index in [-0.39, 0.29) is 22.5 Å². The van der Waals surface area contributed by atoms with Gasteiger partial charge in [0.15, 0.2) is 0 Å². The number of ether oxygens (including phenoxy) is 2. The molecule has 2 aromatic rings. The molecule has 1 spiro atoms. The Labute approximate surface area is 280 Å². The molecule has 2 aliphatic carbocycles. The third kappa shape index (κ3) is 7.68. The maximum absolute atomic E-state index is 11.7. The summed E-state index contributed by atoms with van der Waals surface area (Å²) < 4.78 is 13.1. The first-order valence-corrected chi connectivity index (χ1v) is 18.5. The van der Waals surface area contributed by atoms with Crippen molar-refractivity contribution in [3.8, 4) is 0 Å². The number of aromatic nitrogens is 1. The van der Waals surface area contributed by atoms with Gasteiger partial charge in [-0.3, -0.25) is 4.98 Å². The van der Waals surface area contributed by atoms with Gasteiger partial charge in [0.25, 0.3) is 0 Å². The second-order valence-corrected chi connectivity index (χ2v) is 17.1. The summed E-state index contributed by atoms with van der Waals surface area (Å²) in [6.45, 7) is 24.2. The number of fused-ring (bicyclic) bond motifs is 4. The van der Waals surface area contributed by atoms with E-state index in [1.807, 2.05) is 0 Å². The summed E-state index contributed by atoms with van der Waals surface area (Å²) in [5, 5.41) is 11.7. The second kappa shape index (κ2) is 14.0. The summed E-state index contributed by atoms with van der Waals surface area (Å²) in [6, 6.07) is 9.11. The fourth-order valence-corrected chi connectivity index (χ4v) is 7.75. The van der Waals surface area contributed by atoms with Crippen molar-refractivity contribution >= 4 is 12.6 Å². The Morgan fingerprint density at radius 3 is 2.07 bits per heavy atom. The number of hydrogen-bond donors (Lipinski definition) is 2. The highest BCUT2D eigenvalue weighted by molar-refractivity contribution is 7.79. The van der Waals surface area contributed by atoms with Crippen molar-refractivity contribution in [2.24, 2.45) is 16.7 Å². The summed E-state index contributed by atoms with van der Waals surface area (Å²) in [6.07, 6.45) is 9.40. The molecule has 1 aromatic carbocycles. The van der Waals surface area contributed by atoms with E-state index in [4.69, 9.17) is 14.5 Å². The van der Waals surface area contributed by atoms with Crippen LogP contribution in [0.5, 0.6) is 0 Å². The molecule has 1 aromatic heterocycles. The van der Waals surface area contributed by atoms with Gasteiger partial charge in [0, 0.05) is 36.0 Å². The van der Waals surface area contributed by atoms with E-state index in [0.29, 0.717) is 17.3 Å². The summed E-state index contributed by atoms with van der Waals surface area (Å²) >= 11 is 3.53. The molecule has 1 saturated heterocycles. The molecule has 45 heavy (non-hydrogen) atoms. The number of thiol groups is 1. The van der Waals surface area contributed by atoms with Crippen LogP contribution in [0.1, 0.15) is 172 Å². The molecule has 252 valence electrons. The van der Waals surface area contributed by atoms with Crippen LogP contribution >= 0.6 is 12.6 Å². The molecule has 4 atom stereocenters. The first kappa shape index (κ1) is 36.4. The third-order valence-corrected chi connectivity index (χ3v) is 10.8. The number of aliphatic hydroxyl groups excluding tert-OH is 1. The van der Waals surface area contributed by atoms with Gasteiger partial charge < -0.3 is 14.6 Å². The van der Waals surface area contributed by atoms with Crippen LogP contribution in [0, 0.1) is 16.7 Å². The lowest BCUT2D eigenvalue weighted by atomic mass is 9.69. The topological polar surface area (TPSA) is 51.6 Å². The first-order chi connectivity index (χ1) is 21.1. The quantitative estimate of drug-likeness (QED) is 0.322. The van der Waals surface area contributed by atoms with E-state index in [0.717, 1.165) is 56.6 Å². The predicted octanol–water partition coefficient (Wildman–Crippen LogP) is 10.4.